The Balaban J connectivity index is 1.69. The van der Waals surface area contributed by atoms with E-state index < -0.39 is 23.1 Å². The summed E-state index contributed by atoms with van der Waals surface area (Å²) in [5.41, 5.74) is 9.92. The molecule has 2 N–H and O–H groups in total. The number of benzene rings is 3. The second kappa shape index (κ2) is 11.8. The summed E-state index contributed by atoms with van der Waals surface area (Å²) in [4.78, 5) is 16.4. The van der Waals surface area contributed by atoms with E-state index in [2.05, 4.69) is 6.07 Å². The number of alkyl halides is 3. The van der Waals surface area contributed by atoms with E-state index in [0.29, 0.717) is 28.5 Å². The van der Waals surface area contributed by atoms with Gasteiger partial charge in [-0.2, -0.15) is 18.4 Å². The van der Waals surface area contributed by atoms with E-state index in [0.717, 1.165) is 45.3 Å². The molecule has 0 bridgehead atoms. The van der Waals surface area contributed by atoms with Crippen molar-refractivity contribution in [1.82, 2.24) is 0 Å². The lowest BCUT2D eigenvalue weighted by atomic mass is 9.68. The maximum absolute atomic E-state index is 14.0. The van der Waals surface area contributed by atoms with Crippen molar-refractivity contribution < 1.29 is 18.0 Å². The molecule has 0 saturated heterocycles. The number of Topliss-reactive ketones (excluding diaryl/α,β-unsaturated/α-hetero) is 1. The number of allylic oxidation sites excluding steroid dienone is 3. The number of carbonyl (C=O) groups is 1. The molecule has 2 aliphatic rings. The molecule has 1 atom stereocenters. The molecule has 1 heterocycles. The number of nitriles is 1. The van der Waals surface area contributed by atoms with Crippen LogP contribution >= 0.6 is 35.0 Å². The minimum absolute atomic E-state index is 0.0207. The Kier molecular flexibility index (Phi) is 8.62. The van der Waals surface area contributed by atoms with Crippen molar-refractivity contribution in [2.45, 2.75) is 63.3 Å². The first-order valence-corrected chi connectivity index (χ1v) is 15.7. The molecule has 4 nitrogen and oxygen atoms in total. The maximum Gasteiger partial charge on any atom is 0.416 e. The summed E-state index contributed by atoms with van der Waals surface area (Å²) < 4.78 is 41.3. The first-order valence-electron chi connectivity index (χ1n) is 13.9. The minimum atomic E-state index is -4.63. The van der Waals surface area contributed by atoms with Crippen LogP contribution in [0, 0.1) is 30.6 Å². The van der Waals surface area contributed by atoms with E-state index in [9.17, 15) is 23.2 Å². The number of carbonyl (C=O) groups excluding carboxylic acids is 1. The number of ketones is 1. The van der Waals surface area contributed by atoms with E-state index in [1.54, 1.807) is 11.8 Å². The number of rotatable bonds is 5. The fourth-order valence-electron chi connectivity index (χ4n) is 6.03. The van der Waals surface area contributed by atoms with Gasteiger partial charge in [-0.1, -0.05) is 49.2 Å². The second-order valence-corrected chi connectivity index (χ2v) is 13.9. The summed E-state index contributed by atoms with van der Waals surface area (Å²) in [5, 5.41) is 11.2. The summed E-state index contributed by atoms with van der Waals surface area (Å²) in [6.45, 7) is 7.80. The molecule has 0 amide bonds. The van der Waals surface area contributed by atoms with Crippen molar-refractivity contribution in [3.8, 4) is 6.07 Å². The van der Waals surface area contributed by atoms with Crippen LogP contribution in [0.1, 0.15) is 60.4 Å². The SMILES string of the molecule is Cc1cc(C)c(C2C(C#N)=C(N)N(c3cc(C(F)(F)F)ccc3Cl)C3=C2C(=O)CC(C)(C)C3)cc1CSc1ccc(Cl)cc1. The van der Waals surface area contributed by atoms with Gasteiger partial charge < -0.3 is 5.73 Å². The van der Waals surface area contributed by atoms with Crippen LogP contribution in [0.4, 0.5) is 18.9 Å². The highest BCUT2D eigenvalue weighted by Gasteiger charge is 2.46. The van der Waals surface area contributed by atoms with Gasteiger partial charge in [0.1, 0.15) is 5.82 Å². The fraction of sp³-hybridized carbons (Fsp3) is 0.294. The van der Waals surface area contributed by atoms with Gasteiger partial charge >= 0.3 is 6.18 Å². The lowest BCUT2D eigenvalue weighted by Gasteiger charge is -2.44. The van der Waals surface area contributed by atoms with Crippen LogP contribution in [-0.2, 0) is 16.7 Å². The number of thioether (sulfide) groups is 1. The number of hydrogen-bond donors (Lipinski definition) is 1. The van der Waals surface area contributed by atoms with Crippen LogP contribution in [0.3, 0.4) is 0 Å². The Labute approximate surface area is 269 Å². The van der Waals surface area contributed by atoms with Gasteiger partial charge in [-0.05, 0) is 90.4 Å². The number of hydrogen-bond acceptors (Lipinski definition) is 5. The van der Waals surface area contributed by atoms with Gasteiger partial charge in [-0.15, -0.1) is 11.8 Å². The Morgan fingerprint density at radius 3 is 2.36 bits per heavy atom. The van der Waals surface area contributed by atoms with Gasteiger partial charge in [-0.25, -0.2) is 0 Å². The molecule has 3 aromatic carbocycles. The molecule has 0 radical (unpaired) electrons. The average Bonchev–Trinajstić information content (AvgIpc) is 2.92. The summed E-state index contributed by atoms with van der Waals surface area (Å²) >= 11 is 14.2. The molecule has 1 aliphatic carbocycles. The minimum Gasteiger partial charge on any atom is -0.384 e. The molecule has 228 valence electrons. The number of halogens is 5. The monoisotopic (exact) mass is 655 g/mol. The van der Waals surface area contributed by atoms with E-state index in [4.69, 9.17) is 28.9 Å². The standard InChI is InChI=1S/C34H30Cl2F3N3OS/c1-18-11-19(2)24(12-20(18)17-44-23-8-6-22(35)7-9-23)30-25(16-40)32(41)42(28-14-33(3,4)15-29(43)31(28)30)27-13-21(34(37,38)39)5-10-26(27)36/h5-13,30H,14-15,17,41H2,1-4H3. The van der Waals surface area contributed by atoms with Crippen molar-refractivity contribution in [3.63, 3.8) is 0 Å². The van der Waals surface area contributed by atoms with E-state index >= 15 is 0 Å². The van der Waals surface area contributed by atoms with E-state index in [-0.39, 0.29) is 34.3 Å². The second-order valence-electron chi connectivity index (χ2n) is 12.0. The fourth-order valence-corrected chi connectivity index (χ4v) is 7.32. The van der Waals surface area contributed by atoms with Gasteiger partial charge in [0, 0.05) is 33.4 Å². The molecule has 1 aliphatic heterocycles. The lowest BCUT2D eigenvalue weighted by Crippen LogP contribution is -2.42. The zero-order valence-electron chi connectivity index (χ0n) is 24.6. The predicted octanol–water partition coefficient (Wildman–Crippen LogP) is 9.86. The van der Waals surface area contributed by atoms with E-state index in [1.807, 2.05) is 64.1 Å². The van der Waals surface area contributed by atoms with Gasteiger partial charge in [0.2, 0.25) is 0 Å². The van der Waals surface area contributed by atoms with Gasteiger partial charge in [0.15, 0.2) is 5.78 Å². The summed E-state index contributed by atoms with van der Waals surface area (Å²) in [7, 11) is 0. The molecule has 5 rings (SSSR count). The zero-order chi connectivity index (χ0) is 32.1. The lowest BCUT2D eigenvalue weighted by molar-refractivity contribution is -0.137. The van der Waals surface area contributed by atoms with Crippen LogP contribution in [0.2, 0.25) is 10.0 Å². The predicted molar refractivity (Wildman–Crippen MR) is 170 cm³/mol. The van der Waals surface area contributed by atoms with Crippen LogP contribution in [0.5, 0.6) is 0 Å². The molecule has 0 aromatic heterocycles. The Bertz CT molecular complexity index is 1770. The molecule has 1 unspecified atom stereocenters. The van der Waals surface area contributed by atoms with Gasteiger partial charge in [0.25, 0.3) is 0 Å². The maximum atomic E-state index is 14.0. The third-order valence-corrected chi connectivity index (χ3v) is 9.77. The quantitative estimate of drug-likeness (QED) is 0.277. The Morgan fingerprint density at radius 1 is 1.05 bits per heavy atom. The normalized spacial score (nSPS) is 18.4. The van der Waals surface area contributed by atoms with Crippen molar-refractivity contribution in [2.75, 3.05) is 4.90 Å². The Hall–Kier alpha value is -3.38. The van der Waals surface area contributed by atoms with Crippen molar-refractivity contribution >= 4 is 46.4 Å². The molecule has 0 saturated carbocycles. The third kappa shape index (κ3) is 6.10. The molecule has 0 spiro atoms. The molecule has 10 heteroatoms. The van der Waals surface area contributed by atoms with Crippen LogP contribution in [0.15, 0.2) is 82.2 Å². The summed E-state index contributed by atoms with van der Waals surface area (Å²) in [6, 6.07) is 16.8. The largest absolute Gasteiger partial charge is 0.416 e. The zero-order valence-corrected chi connectivity index (χ0v) is 26.9. The summed E-state index contributed by atoms with van der Waals surface area (Å²) in [6.07, 6.45) is -4.07. The van der Waals surface area contributed by atoms with Crippen molar-refractivity contribution in [2.24, 2.45) is 11.1 Å². The average molecular weight is 657 g/mol. The first kappa shape index (κ1) is 32.0. The topological polar surface area (TPSA) is 70.1 Å². The van der Waals surface area contributed by atoms with Crippen LogP contribution in [0.25, 0.3) is 0 Å². The highest BCUT2D eigenvalue weighted by Crippen LogP contribution is 2.52. The van der Waals surface area contributed by atoms with Gasteiger partial charge in [0.05, 0.1) is 33.8 Å². The van der Waals surface area contributed by atoms with Gasteiger partial charge in [-0.3, -0.25) is 9.69 Å². The smallest absolute Gasteiger partial charge is 0.384 e. The third-order valence-electron chi connectivity index (χ3n) is 8.14. The number of nitrogens with zero attached hydrogens (tertiary/aromatic N) is 2. The Morgan fingerprint density at radius 2 is 1.73 bits per heavy atom. The highest BCUT2D eigenvalue weighted by atomic mass is 35.5. The molecule has 0 fully saturated rings. The van der Waals surface area contributed by atoms with Crippen LogP contribution in [-0.4, -0.2) is 5.78 Å². The summed E-state index contributed by atoms with van der Waals surface area (Å²) in [5.74, 6) is -0.362. The molecular weight excluding hydrogens is 626 g/mol. The van der Waals surface area contributed by atoms with Crippen molar-refractivity contribution in [1.29, 1.82) is 5.26 Å². The number of aryl methyl sites for hydroxylation is 2. The van der Waals surface area contributed by atoms with Crippen LogP contribution < -0.4 is 10.6 Å². The molecule has 3 aromatic rings. The highest BCUT2D eigenvalue weighted by molar-refractivity contribution is 7.98. The first-order chi connectivity index (χ1) is 20.6. The number of anilines is 1. The van der Waals surface area contributed by atoms with Crippen molar-refractivity contribution in [3.05, 3.63) is 115 Å². The molecule has 44 heavy (non-hydrogen) atoms. The van der Waals surface area contributed by atoms with E-state index in [1.165, 1.54) is 4.90 Å². The number of nitrogens with two attached hydrogens (primary N) is 1. The molecular formula is C34H30Cl2F3N3OS.